The fraction of sp³-hybridized carbons (Fsp3) is 0. The van der Waals surface area contributed by atoms with E-state index in [-0.39, 0.29) is 0 Å². The molecule has 5 heteroatoms. The lowest BCUT2D eigenvalue weighted by Gasteiger charge is -2.18. The summed E-state index contributed by atoms with van der Waals surface area (Å²) in [5.41, 5.74) is 12.7. The van der Waals surface area contributed by atoms with Gasteiger partial charge in [-0.3, -0.25) is 0 Å². The Morgan fingerprint density at radius 3 is 1.06 bits per heavy atom. The first-order valence-electron chi connectivity index (χ1n) is 22.1. The highest BCUT2D eigenvalue weighted by Gasteiger charge is 2.19. The summed E-state index contributed by atoms with van der Waals surface area (Å²) in [5.74, 6) is 0. The maximum Gasteiger partial charge on any atom is 0.152 e. The second-order valence-corrected chi connectivity index (χ2v) is 16.9. The van der Waals surface area contributed by atoms with Gasteiger partial charge in [0.1, 0.15) is 0 Å². The molecule has 11 aromatic carbocycles. The Labute approximate surface area is 371 Å². The second-order valence-electron chi connectivity index (χ2n) is 16.9. The van der Waals surface area contributed by atoms with E-state index in [0.29, 0.717) is 0 Å². The van der Waals surface area contributed by atoms with Gasteiger partial charge in [0.25, 0.3) is 0 Å². The molecule has 0 radical (unpaired) electrons. The molecule has 304 valence electrons. The normalized spacial score (nSPS) is 12.0. The average molecular weight is 832 g/mol. The number of hydrogen-bond donors (Lipinski definition) is 0. The van der Waals surface area contributed by atoms with Gasteiger partial charge in [-0.05, 0) is 140 Å². The van der Waals surface area contributed by atoms with Gasteiger partial charge in [0.2, 0.25) is 0 Å². The highest BCUT2D eigenvalue weighted by molar-refractivity contribution is 6.28. The predicted molar refractivity (Wildman–Crippen MR) is 270 cm³/mol. The zero-order valence-electron chi connectivity index (χ0n) is 35.0. The molecule has 0 saturated heterocycles. The number of rotatable bonds is 3. The van der Waals surface area contributed by atoms with Gasteiger partial charge in [0.15, 0.2) is 22.3 Å². The zero-order chi connectivity index (χ0) is 42.6. The van der Waals surface area contributed by atoms with Crippen molar-refractivity contribution in [2.45, 2.75) is 0 Å². The summed E-state index contributed by atoms with van der Waals surface area (Å²) in [6.45, 7) is 0. The van der Waals surface area contributed by atoms with Gasteiger partial charge >= 0.3 is 0 Å². The van der Waals surface area contributed by atoms with Gasteiger partial charge in [-0.1, -0.05) is 127 Å². The van der Waals surface area contributed by atoms with Crippen LogP contribution >= 0.6 is 0 Å². The number of aromatic nitrogens is 3. The molecule has 0 atom stereocenters. The van der Waals surface area contributed by atoms with Crippen LogP contribution < -0.4 is 0 Å². The molecule has 5 nitrogen and oxygen atoms in total. The molecule has 0 aliphatic rings. The quantitative estimate of drug-likeness (QED) is 0.166. The largest absolute Gasteiger partial charge is 0.453 e. The molecule has 0 bridgehead atoms. The van der Waals surface area contributed by atoms with E-state index in [4.69, 9.17) is 8.83 Å². The summed E-state index contributed by atoms with van der Waals surface area (Å²) in [7, 11) is 0. The SMILES string of the molecule is c1ccc(-n2c3ccccc3oc3cc4c5ccc(-n6c7ccccc7c7ccccc76)cc5c5cc6c(cc5c5ccccc5c4cc32)oc2ccccc2n6-c2ccccc2)cc1. The van der Waals surface area contributed by atoms with Gasteiger partial charge in [-0.25, -0.2) is 0 Å². The monoisotopic (exact) mass is 831 g/mol. The summed E-state index contributed by atoms with van der Waals surface area (Å²) in [6.07, 6.45) is 0. The Morgan fingerprint density at radius 2 is 0.554 bits per heavy atom. The highest BCUT2D eigenvalue weighted by Crippen LogP contribution is 2.42. The lowest BCUT2D eigenvalue weighted by atomic mass is 9.93. The van der Waals surface area contributed by atoms with E-state index in [2.05, 4.69) is 226 Å². The van der Waals surface area contributed by atoms with Gasteiger partial charge in [0.05, 0.1) is 33.1 Å². The van der Waals surface area contributed by atoms with E-state index < -0.39 is 0 Å². The summed E-state index contributed by atoms with van der Waals surface area (Å²) >= 11 is 0. The smallest absolute Gasteiger partial charge is 0.152 e. The van der Waals surface area contributed by atoms with Crippen molar-refractivity contribution in [1.29, 1.82) is 0 Å². The van der Waals surface area contributed by atoms with E-state index in [1.54, 1.807) is 0 Å². The first-order valence-corrected chi connectivity index (χ1v) is 22.1. The number of hydrogen-bond acceptors (Lipinski definition) is 2. The van der Waals surface area contributed by atoms with Crippen LogP contribution in [0.3, 0.4) is 0 Å². The molecule has 0 spiro atoms. The number of para-hydroxylation sites is 8. The Kier molecular flexibility index (Phi) is 7.62. The summed E-state index contributed by atoms with van der Waals surface area (Å²) < 4.78 is 20.9. The summed E-state index contributed by atoms with van der Waals surface area (Å²) in [4.78, 5) is 0. The van der Waals surface area contributed by atoms with Crippen LogP contribution in [0.1, 0.15) is 0 Å². The van der Waals surface area contributed by atoms with Crippen LogP contribution in [0.4, 0.5) is 0 Å². The van der Waals surface area contributed by atoms with Crippen LogP contribution in [0.25, 0.3) is 126 Å². The molecule has 65 heavy (non-hydrogen) atoms. The van der Waals surface area contributed by atoms with Crippen molar-refractivity contribution in [2.24, 2.45) is 0 Å². The van der Waals surface area contributed by atoms with E-state index in [9.17, 15) is 0 Å². The Hall–Kier alpha value is -8.80. The standard InChI is InChI=1S/C60H37N3O2/c1-3-17-38(18-4-1)61-53-27-13-15-29-57(53)65-60-37-50-43-32-31-40(63-51-25-11-9-23-44(51)45-24-10-12-26-52(45)63)33-46(43)48-35-56-59(36-49(48)42-22-8-7-21-41(42)47(50)34-55(60)61)64-58-30-16-14-28-54(58)62(56)39-19-5-2-6-20-39/h1-37H. The lowest BCUT2D eigenvalue weighted by Crippen LogP contribution is -2.00. The Balaban J connectivity index is 1.23. The zero-order valence-corrected chi connectivity index (χ0v) is 35.0. The van der Waals surface area contributed by atoms with E-state index in [0.717, 1.165) is 105 Å². The number of fused-ring (bicyclic) bond motifs is 15. The fourth-order valence-corrected chi connectivity index (χ4v) is 10.5. The first kappa shape index (κ1) is 35.8. The molecule has 14 aromatic rings. The van der Waals surface area contributed by atoms with Crippen molar-refractivity contribution in [3.05, 3.63) is 224 Å². The molecule has 3 aromatic heterocycles. The van der Waals surface area contributed by atoms with Crippen molar-refractivity contribution in [1.82, 2.24) is 13.7 Å². The molecule has 0 aliphatic carbocycles. The minimum absolute atomic E-state index is 0.799. The molecule has 0 amide bonds. The van der Waals surface area contributed by atoms with Crippen LogP contribution in [0.15, 0.2) is 233 Å². The molecule has 0 fully saturated rings. The van der Waals surface area contributed by atoms with Crippen molar-refractivity contribution < 1.29 is 8.83 Å². The third-order valence-electron chi connectivity index (χ3n) is 13.3. The van der Waals surface area contributed by atoms with Crippen LogP contribution in [-0.2, 0) is 0 Å². The third-order valence-corrected chi connectivity index (χ3v) is 13.3. The van der Waals surface area contributed by atoms with Crippen LogP contribution in [0.2, 0.25) is 0 Å². The van der Waals surface area contributed by atoms with Gasteiger partial charge in [0, 0.05) is 27.8 Å². The van der Waals surface area contributed by atoms with Crippen molar-refractivity contribution in [2.75, 3.05) is 0 Å². The lowest BCUT2D eigenvalue weighted by molar-refractivity contribution is 0.653. The van der Waals surface area contributed by atoms with Gasteiger partial charge in [-0.15, -0.1) is 0 Å². The van der Waals surface area contributed by atoms with Crippen LogP contribution in [0.5, 0.6) is 0 Å². The predicted octanol–water partition coefficient (Wildman–Crippen LogP) is 16.5. The average Bonchev–Trinajstić information content (AvgIpc) is 3.71. The topological polar surface area (TPSA) is 41.1 Å². The molecule has 14 rings (SSSR count). The van der Waals surface area contributed by atoms with E-state index in [1.807, 2.05) is 12.1 Å². The highest BCUT2D eigenvalue weighted by atomic mass is 16.3. The van der Waals surface area contributed by atoms with Gasteiger partial charge < -0.3 is 22.5 Å². The van der Waals surface area contributed by atoms with E-state index in [1.165, 1.54) is 21.8 Å². The molecule has 0 saturated carbocycles. The molecule has 0 aliphatic heterocycles. The molecule has 3 heterocycles. The minimum atomic E-state index is 0.799. The number of nitrogens with zero attached hydrogens (tertiary/aromatic N) is 3. The fourth-order valence-electron chi connectivity index (χ4n) is 10.5. The number of benzene rings is 10. The van der Waals surface area contributed by atoms with E-state index >= 15 is 0 Å². The molecular formula is C60H37N3O2. The molecular weight excluding hydrogens is 795 g/mol. The first-order chi connectivity index (χ1) is 32.2. The molecule has 0 unspecified atom stereocenters. The third kappa shape index (κ3) is 5.33. The second kappa shape index (κ2) is 13.9. The van der Waals surface area contributed by atoms with Crippen LogP contribution in [0, 0.1) is 0 Å². The van der Waals surface area contributed by atoms with Crippen molar-refractivity contribution in [3.8, 4) is 17.1 Å². The van der Waals surface area contributed by atoms with Crippen LogP contribution in [-0.4, -0.2) is 13.7 Å². The summed E-state index contributed by atoms with van der Waals surface area (Å²) in [6, 6.07) is 80.3. The Morgan fingerprint density at radius 1 is 0.200 bits per heavy atom. The molecule has 0 N–H and O–H groups in total. The van der Waals surface area contributed by atoms with Gasteiger partial charge in [-0.2, -0.15) is 0 Å². The van der Waals surface area contributed by atoms with Crippen molar-refractivity contribution >= 4 is 109 Å². The van der Waals surface area contributed by atoms with Crippen molar-refractivity contribution in [3.63, 3.8) is 0 Å². The maximum atomic E-state index is 6.92. The minimum Gasteiger partial charge on any atom is -0.453 e. The Bertz CT molecular complexity index is 4270. The summed E-state index contributed by atoms with van der Waals surface area (Å²) in [5, 5.41) is 11.3. The maximum absolute atomic E-state index is 6.92.